The van der Waals surface area contributed by atoms with Gasteiger partial charge in [0.25, 0.3) is 0 Å². The van der Waals surface area contributed by atoms with E-state index in [9.17, 15) is 4.79 Å². The van der Waals surface area contributed by atoms with Crippen LogP contribution in [0, 0.1) is 5.41 Å². The monoisotopic (exact) mass is 276 g/mol. The van der Waals surface area contributed by atoms with Crippen molar-refractivity contribution in [2.45, 2.75) is 39.7 Å². The molecule has 1 amide bonds. The highest BCUT2D eigenvalue weighted by Crippen LogP contribution is 2.30. The van der Waals surface area contributed by atoms with Crippen molar-refractivity contribution in [3.63, 3.8) is 0 Å². The zero-order valence-electron chi connectivity index (χ0n) is 11.4. The summed E-state index contributed by atoms with van der Waals surface area (Å²) in [7, 11) is 1.83. The molecule has 0 aliphatic heterocycles. The van der Waals surface area contributed by atoms with Gasteiger partial charge in [-0.15, -0.1) is 0 Å². The second-order valence-electron chi connectivity index (χ2n) is 4.37. The van der Waals surface area contributed by atoms with Gasteiger partial charge in [-0.2, -0.15) is 11.8 Å². The standard InChI is InChI=1S/C12H24N2OS2/c1-6-12(7-2,10(13)16)11(15)14(4)9(3)8-17-5/h9H,6-8H2,1-5H3,(H2,13,16). The molecule has 0 aliphatic rings. The molecule has 0 spiro atoms. The lowest BCUT2D eigenvalue weighted by Gasteiger charge is -2.36. The smallest absolute Gasteiger partial charge is 0.235 e. The third-order valence-electron chi connectivity index (χ3n) is 3.48. The summed E-state index contributed by atoms with van der Waals surface area (Å²) in [5.41, 5.74) is 5.11. The molecule has 0 aromatic heterocycles. The summed E-state index contributed by atoms with van der Waals surface area (Å²) in [6, 6.07) is 0.198. The largest absolute Gasteiger partial charge is 0.392 e. The summed E-state index contributed by atoms with van der Waals surface area (Å²) in [6.07, 6.45) is 3.36. The van der Waals surface area contributed by atoms with E-state index < -0.39 is 5.41 Å². The molecule has 3 nitrogen and oxygen atoms in total. The third kappa shape index (κ3) is 3.58. The van der Waals surface area contributed by atoms with Crippen molar-refractivity contribution in [1.29, 1.82) is 0 Å². The van der Waals surface area contributed by atoms with Gasteiger partial charge in [-0.05, 0) is 26.0 Å². The summed E-state index contributed by atoms with van der Waals surface area (Å²) >= 11 is 6.83. The molecule has 1 unspecified atom stereocenters. The Morgan fingerprint density at radius 2 is 1.94 bits per heavy atom. The number of carbonyl (C=O) groups excluding carboxylic acids is 1. The van der Waals surface area contributed by atoms with Crippen LogP contribution in [0.25, 0.3) is 0 Å². The Balaban J connectivity index is 5.03. The normalized spacial score (nSPS) is 13.2. The predicted octanol–water partition coefficient (Wildman–Crippen LogP) is 2.29. The van der Waals surface area contributed by atoms with Crippen molar-refractivity contribution in [1.82, 2.24) is 4.90 Å². The van der Waals surface area contributed by atoms with E-state index in [1.165, 1.54) is 0 Å². The van der Waals surface area contributed by atoms with Gasteiger partial charge in [-0.3, -0.25) is 4.79 Å². The van der Waals surface area contributed by atoms with Crippen LogP contribution in [0.4, 0.5) is 0 Å². The van der Waals surface area contributed by atoms with Gasteiger partial charge < -0.3 is 10.6 Å². The molecule has 0 aromatic carbocycles. The SMILES string of the molecule is CCC(CC)(C(=O)N(C)C(C)CSC)C(N)=S. The Kier molecular flexibility index (Phi) is 7.09. The second-order valence-corrected chi connectivity index (χ2v) is 5.72. The van der Waals surface area contributed by atoms with Crippen molar-refractivity contribution < 1.29 is 4.79 Å². The zero-order valence-corrected chi connectivity index (χ0v) is 13.1. The molecular formula is C12H24N2OS2. The lowest BCUT2D eigenvalue weighted by molar-refractivity contribution is -0.138. The van der Waals surface area contributed by atoms with Crippen LogP contribution >= 0.6 is 24.0 Å². The molecule has 100 valence electrons. The molecule has 0 aromatic rings. The zero-order chi connectivity index (χ0) is 13.6. The van der Waals surface area contributed by atoms with Crippen molar-refractivity contribution in [2.75, 3.05) is 19.1 Å². The van der Waals surface area contributed by atoms with Crippen LogP contribution in [0.3, 0.4) is 0 Å². The van der Waals surface area contributed by atoms with Gasteiger partial charge in [0.2, 0.25) is 5.91 Å². The Labute approximate surface area is 114 Å². The van der Waals surface area contributed by atoms with Crippen LogP contribution in [0.1, 0.15) is 33.6 Å². The highest BCUT2D eigenvalue weighted by atomic mass is 32.2. The first-order valence-electron chi connectivity index (χ1n) is 5.93. The number of hydrogen-bond acceptors (Lipinski definition) is 3. The fourth-order valence-electron chi connectivity index (χ4n) is 1.90. The fraction of sp³-hybridized carbons (Fsp3) is 0.833. The summed E-state index contributed by atoms with van der Waals surface area (Å²) in [6.45, 7) is 5.98. The van der Waals surface area contributed by atoms with Crippen molar-refractivity contribution in [3.8, 4) is 0 Å². The number of rotatable bonds is 7. The number of hydrogen-bond donors (Lipinski definition) is 1. The minimum atomic E-state index is -0.670. The minimum absolute atomic E-state index is 0.0524. The Bertz CT molecular complexity index is 278. The number of thiocarbonyl (C=S) groups is 1. The number of nitrogens with two attached hydrogens (primary N) is 1. The second kappa shape index (κ2) is 7.21. The van der Waals surface area contributed by atoms with E-state index >= 15 is 0 Å². The molecule has 0 saturated heterocycles. The summed E-state index contributed by atoms with van der Waals surface area (Å²) in [5.74, 6) is 0.972. The predicted molar refractivity (Wildman–Crippen MR) is 80.4 cm³/mol. The lowest BCUT2D eigenvalue weighted by Crippen LogP contribution is -2.51. The maximum Gasteiger partial charge on any atom is 0.235 e. The van der Waals surface area contributed by atoms with E-state index in [0.29, 0.717) is 17.8 Å². The van der Waals surface area contributed by atoms with Crippen LogP contribution in [-0.4, -0.2) is 40.9 Å². The molecule has 0 fully saturated rings. The molecule has 0 saturated carbocycles. The molecule has 5 heteroatoms. The molecule has 17 heavy (non-hydrogen) atoms. The molecule has 0 bridgehead atoms. The summed E-state index contributed by atoms with van der Waals surface area (Å²) < 4.78 is 0. The average molecular weight is 276 g/mol. The number of nitrogens with zero attached hydrogens (tertiary/aromatic N) is 1. The first kappa shape index (κ1) is 16.7. The van der Waals surface area contributed by atoms with Gasteiger partial charge >= 0.3 is 0 Å². The van der Waals surface area contributed by atoms with E-state index in [1.54, 1.807) is 16.7 Å². The van der Waals surface area contributed by atoms with Crippen LogP contribution in [0.5, 0.6) is 0 Å². The van der Waals surface area contributed by atoms with Crippen molar-refractivity contribution in [3.05, 3.63) is 0 Å². The molecule has 0 rings (SSSR count). The van der Waals surface area contributed by atoms with E-state index in [-0.39, 0.29) is 11.9 Å². The van der Waals surface area contributed by atoms with E-state index in [1.807, 2.05) is 34.1 Å². The van der Waals surface area contributed by atoms with Gasteiger partial charge in [0.05, 0.1) is 10.4 Å². The highest BCUT2D eigenvalue weighted by molar-refractivity contribution is 7.98. The Hall–Kier alpha value is -0.290. The first-order valence-corrected chi connectivity index (χ1v) is 7.73. The number of amides is 1. The molecule has 1 atom stereocenters. The van der Waals surface area contributed by atoms with E-state index in [4.69, 9.17) is 18.0 Å². The van der Waals surface area contributed by atoms with Gasteiger partial charge in [0.15, 0.2) is 0 Å². The molecular weight excluding hydrogens is 252 g/mol. The lowest BCUT2D eigenvalue weighted by atomic mass is 9.80. The molecule has 0 aliphatic carbocycles. The van der Waals surface area contributed by atoms with Gasteiger partial charge in [0.1, 0.15) is 0 Å². The Morgan fingerprint density at radius 3 is 2.24 bits per heavy atom. The molecule has 0 heterocycles. The third-order valence-corrected chi connectivity index (χ3v) is 4.68. The van der Waals surface area contributed by atoms with E-state index in [0.717, 1.165) is 5.75 Å². The summed E-state index contributed by atoms with van der Waals surface area (Å²) in [5, 5.41) is 0. The molecule has 0 radical (unpaired) electrons. The summed E-state index contributed by atoms with van der Waals surface area (Å²) in [4.78, 5) is 14.6. The quantitative estimate of drug-likeness (QED) is 0.725. The number of thioether (sulfide) groups is 1. The van der Waals surface area contributed by atoms with Crippen LogP contribution in [0.2, 0.25) is 0 Å². The minimum Gasteiger partial charge on any atom is -0.392 e. The van der Waals surface area contributed by atoms with E-state index in [2.05, 4.69) is 0 Å². The Morgan fingerprint density at radius 1 is 1.47 bits per heavy atom. The van der Waals surface area contributed by atoms with Crippen molar-refractivity contribution >= 4 is 34.9 Å². The van der Waals surface area contributed by atoms with Gasteiger partial charge in [0, 0.05) is 18.8 Å². The molecule has 2 N–H and O–H groups in total. The van der Waals surface area contributed by atoms with Crippen LogP contribution in [-0.2, 0) is 4.79 Å². The topological polar surface area (TPSA) is 46.3 Å². The van der Waals surface area contributed by atoms with Gasteiger partial charge in [-0.1, -0.05) is 26.1 Å². The number of carbonyl (C=O) groups is 1. The van der Waals surface area contributed by atoms with Crippen molar-refractivity contribution in [2.24, 2.45) is 11.1 Å². The van der Waals surface area contributed by atoms with Crippen LogP contribution in [0.15, 0.2) is 0 Å². The highest BCUT2D eigenvalue weighted by Gasteiger charge is 2.40. The van der Waals surface area contributed by atoms with Crippen LogP contribution < -0.4 is 5.73 Å². The van der Waals surface area contributed by atoms with Gasteiger partial charge in [-0.25, -0.2) is 0 Å². The maximum atomic E-state index is 12.5. The fourth-order valence-corrected chi connectivity index (χ4v) is 2.98. The average Bonchev–Trinajstić information content (AvgIpc) is 2.30. The maximum absolute atomic E-state index is 12.5. The first-order chi connectivity index (χ1) is 7.87.